The fourth-order valence-corrected chi connectivity index (χ4v) is 3.73. The van der Waals surface area contributed by atoms with Gasteiger partial charge in [-0.25, -0.2) is 4.98 Å². The van der Waals surface area contributed by atoms with Gasteiger partial charge < -0.3 is 28.7 Å². The Balaban J connectivity index is 1.58. The predicted molar refractivity (Wildman–Crippen MR) is 136 cm³/mol. The van der Waals surface area contributed by atoms with E-state index in [-0.39, 0.29) is 5.91 Å². The van der Waals surface area contributed by atoms with Crippen molar-refractivity contribution in [3.63, 3.8) is 0 Å². The number of hydrogen-bond acceptors (Lipinski definition) is 6. The van der Waals surface area contributed by atoms with Gasteiger partial charge in [-0.3, -0.25) is 4.79 Å². The van der Waals surface area contributed by atoms with Gasteiger partial charge in [-0.05, 0) is 66.6 Å². The molecule has 0 fully saturated rings. The topological polar surface area (TPSA) is 83.3 Å². The van der Waals surface area contributed by atoms with Crippen LogP contribution in [0.15, 0.2) is 60.9 Å². The number of aromatic nitrogens is 2. The summed E-state index contributed by atoms with van der Waals surface area (Å²) in [7, 11) is 6.18. The Hall–Kier alpha value is -4.46. The Morgan fingerprint density at radius 1 is 0.914 bits per heavy atom. The standard InChI is InChI=1S/C27H27N3O5/c1-17-10-11-30-16-21(28-25(30)12-17)19-7-8-22(32-2)20(15-19)29-26(31)9-6-18-13-23(33-3)27(35-5)24(14-18)34-4/h6-16H,1-5H3,(H,29,31)/b9-6+. The summed E-state index contributed by atoms with van der Waals surface area (Å²) in [5.41, 5.74) is 4.90. The lowest BCUT2D eigenvalue weighted by Gasteiger charge is -2.13. The smallest absolute Gasteiger partial charge is 0.248 e. The molecule has 1 N–H and O–H groups in total. The molecule has 0 radical (unpaired) electrons. The van der Waals surface area contributed by atoms with Gasteiger partial charge in [-0.2, -0.15) is 0 Å². The van der Waals surface area contributed by atoms with Crippen LogP contribution in [-0.4, -0.2) is 43.7 Å². The van der Waals surface area contributed by atoms with Crippen molar-refractivity contribution < 1.29 is 23.7 Å². The molecule has 0 atom stereocenters. The Labute approximate surface area is 203 Å². The number of benzene rings is 2. The highest BCUT2D eigenvalue weighted by Gasteiger charge is 2.13. The normalized spacial score (nSPS) is 11.0. The van der Waals surface area contributed by atoms with Crippen molar-refractivity contribution in [2.45, 2.75) is 6.92 Å². The number of ether oxygens (including phenoxy) is 4. The molecule has 0 saturated heterocycles. The first-order valence-electron chi connectivity index (χ1n) is 10.9. The molecule has 0 aliphatic carbocycles. The van der Waals surface area contributed by atoms with E-state index in [9.17, 15) is 4.79 Å². The average molecular weight is 474 g/mol. The molecule has 2 aromatic heterocycles. The zero-order valence-corrected chi connectivity index (χ0v) is 20.3. The second kappa shape index (κ2) is 10.2. The minimum Gasteiger partial charge on any atom is -0.495 e. The van der Waals surface area contributed by atoms with Crippen LogP contribution in [-0.2, 0) is 4.79 Å². The molecule has 8 nitrogen and oxygen atoms in total. The number of aryl methyl sites for hydroxylation is 1. The number of carbonyl (C=O) groups is 1. The maximum atomic E-state index is 12.8. The van der Waals surface area contributed by atoms with Gasteiger partial charge in [-0.15, -0.1) is 0 Å². The molecular weight excluding hydrogens is 446 g/mol. The van der Waals surface area contributed by atoms with Crippen molar-refractivity contribution in [3.05, 3.63) is 72.1 Å². The Bertz CT molecular complexity index is 1380. The number of methoxy groups -OCH3 is 4. The van der Waals surface area contributed by atoms with Crippen LogP contribution in [0.1, 0.15) is 11.1 Å². The van der Waals surface area contributed by atoms with E-state index in [0.717, 1.165) is 28.0 Å². The van der Waals surface area contributed by atoms with E-state index in [2.05, 4.69) is 5.32 Å². The van der Waals surface area contributed by atoms with Crippen molar-refractivity contribution in [3.8, 4) is 34.3 Å². The first kappa shape index (κ1) is 23.7. The van der Waals surface area contributed by atoms with Crippen LogP contribution in [0.4, 0.5) is 5.69 Å². The first-order chi connectivity index (χ1) is 16.9. The van der Waals surface area contributed by atoms with Crippen LogP contribution < -0.4 is 24.3 Å². The van der Waals surface area contributed by atoms with Gasteiger partial charge in [0.1, 0.15) is 11.4 Å². The van der Waals surface area contributed by atoms with E-state index < -0.39 is 0 Å². The molecule has 2 aromatic carbocycles. The van der Waals surface area contributed by atoms with Crippen LogP contribution >= 0.6 is 0 Å². The van der Waals surface area contributed by atoms with E-state index >= 15 is 0 Å². The summed E-state index contributed by atoms with van der Waals surface area (Å²) in [5, 5.41) is 2.89. The zero-order chi connectivity index (χ0) is 24.9. The summed E-state index contributed by atoms with van der Waals surface area (Å²) in [6.45, 7) is 2.03. The third-order valence-corrected chi connectivity index (χ3v) is 5.48. The van der Waals surface area contributed by atoms with Gasteiger partial charge in [-0.1, -0.05) is 0 Å². The fourth-order valence-electron chi connectivity index (χ4n) is 3.73. The largest absolute Gasteiger partial charge is 0.495 e. The number of nitrogens with zero attached hydrogens (tertiary/aromatic N) is 2. The van der Waals surface area contributed by atoms with Crippen molar-refractivity contribution in [2.24, 2.45) is 0 Å². The molecule has 0 aliphatic heterocycles. The van der Waals surface area contributed by atoms with Crippen LogP contribution in [0.5, 0.6) is 23.0 Å². The highest BCUT2D eigenvalue weighted by atomic mass is 16.5. The summed E-state index contributed by atoms with van der Waals surface area (Å²) in [4.78, 5) is 17.5. The van der Waals surface area contributed by atoms with Gasteiger partial charge in [0.2, 0.25) is 11.7 Å². The number of nitrogens with one attached hydrogen (secondary N) is 1. The SMILES string of the molecule is COc1ccc(-c2cn3ccc(C)cc3n2)cc1NC(=O)/C=C/c1cc(OC)c(OC)c(OC)c1. The number of carbonyl (C=O) groups excluding carboxylic acids is 1. The van der Waals surface area contributed by atoms with Gasteiger partial charge in [0.25, 0.3) is 0 Å². The van der Waals surface area contributed by atoms with E-state index in [1.807, 2.05) is 54.0 Å². The van der Waals surface area contributed by atoms with E-state index in [4.69, 9.17) is 23.9 Å². The molecule has 8 heteroatoms. The van der Waals surface area contributed by atoms with Gasteiger partial charge >= 0.3 is 0 Å². The number of pyridine rings is 1. The summed E-state index contributed by atoms with van der Waals surface area (Å²) in [6.07, 6.45) is 7.02. The summed E-state index contributed by atoms with van der Waals surface area (Å²) < 4.78 is 23.5. The van der Waals surface area contributed by atoms with Crippen molar-refractivity contribution in [1.82, 2.24) is 9.38 Å². The average Bonchev–Trinajstić information content (AvgIpc) is 3.29. The van der Waals surface area contributed by atoms with Gasteiger partial charge in [0, 0.05) is 24.0 Å². The summed E-state index contributed by atoms with van der Waals surface area (Å²) in [6, 6.07) is 13.1. The zero-order valence-electron chi connectivity index (χ0n) is 20.3. The molecule has 1 amide bonds. The molecule has 4 aromatic rings. The highest BCUT2D eigenvalue weighted by Crippen LogP contribution is 2.38. The second-order valence-electron chi connectivity index (χ2n) is 7.79. The molecule has 35 heavy (non-hydrogen) atoms. The van der Waals surface area contributed by atoms with E-state index in [1.165, 1.54) is 13.2 Å². The lowest BCUT2D eigenvalue weighted by atomic mass is 10.1. The third kappa shape index (κ3) is 5.06. The molecule has 0 saturated carbocycles. The maximum absolute atomic E-state index is 12.8. The van der Waals surface area contributed by atoms with E-state index in [0.29, 0.717) is 28.7 Å². The molecule has 0 bridgehead atoms. The summed E-state index contributed by atoms with van der Waals surface area (Å²) >= 11 is 0. The molecule has 4 rings (SSSR count). The monoisotopic (exact) mass is 473 g/mol. The number of fused-ring (bicyclic) bond motifs is 1. The minimum atomic E-state index is -0.320. The van der Waals surface area contributed by atoms with Crippen LogP contribution in [0.2, 0.25) is 0 Å². The van der Waals surface area contributed by atoms with Crippen LogP contribution in [0.25, 0.3) is 23.0 Å². The Morgan fingerprint density at radius 3 is 2.29 bits per heavy atom. The quantitative estimate of drug-likeness (QED) is 0.363. The number of anilines is 1. The van der Waals surface area contributed by atoms with Gasteiger partial charge in [0.05, 0.1) is 39.8 Å². The predicted octanol–water partition coefficient (Wildman–Crippen LogP) is 5.00. The first-order valence-corrected chi connectivity index (χ1v) is 10.9. The third-order valence-electron chi connectivity index (χ3n) is 5.48. The number of imidazole rings is 1. The van der Waals surface area contributed by atoms with Crippen LogP contribution in [0, 0.1) is 6.92 Å². The number of rotatable bonds is 8. The van der Waals surface area contributed by atoms with Crippen molar-refractivity contribution in [2.75, 3.05) is 33.8 Å². The lowest BCUT2D eigenvalue weighted by molar-refractivity contribution is -0.111. The molecule has 0 unspecified atom stereocenters. The molecule has 0 aliphatic rings. The van der Waals surface area contributed by atoms with Crippen LogP contribution in [0.3, 0.4) is 0 Å². The van der Waals surface area contributed by atoms with Crippen molar-refractivity contribution in [1.29, 1.82) is 0 Å². The second-order valence-corrected chi connectivity index (χ2v) is 7.79. The summed E-state index contributed by atoms with van der Waals surface area (Å²) in [5.74, 6) is 1.72. The minimum absolute atomic E-state index is 0.320. The highest BCUT2D eigenvalue weighted by molar-refractivity contribution is 6.03. The molecule has 180 valence electrons. The maximum Gasteiger partial charge on any atom is 0.248 e. The van der Waals surface area contributed by atoms with Crippen molar-refractivity contribution >= 4 is 23.3 Å². The molecular formula is C27H27N3O5. The van der Waals surface area contributed by atoms with Gasteiger partial charge in [0.15, 0.2) is 11.5 Å². The number of hydrogen-bond donors (Lipinski definition) is 1. The number of amides is 1. The van der Waals surface area contributed by atoms with E-state index in [1.54, 1.807) is 39.5 Å². The Kier molecular flexibility index (Phi) is 6.91. The Morgan fingerprint density at radius 2 is 1.63 bits per heavy atom. The fraction of sp³-hybridized carbons (Fsp3) is 0.185. The lowest BCUT2D eigenvalue weighted by Crippen LogP contribution is -2.09. The molecule has 2 heterocycles. The molecule has 0 spiro atoms.